The molecule has 5 heteroatoms. The van der Waals surface area contributed by atoms with Crippen LogP contribution in [0.2, 0.25) is 0 Å². The Kier molecular flexibility index (Phi) is 2.67. The van der Waals surface area contributed by atoms with Gasteiger partial charge >= 0.3 is 0 Å². The average Bonchev–Trinajstić information content (AvgIpc) is 2.65. The van der Waals surface area contributed by atoms with E-state index in [2.05, 4.69) is 16.9 Å². The van der Waals surface area contributed by atoms with Crippen LogP contribution in [0.25, 0.3) is 10.2 Å². The molecule has 0 saturated heterocycles. The standard InChI is InChI=1S/C12H15N3S2/c1-2-6-3-4-7-8(5-6)17-11-9(7)10(13)14-12(16)15-11/h6H,2-5H2,1H3,(H3,13,14,15,16). The number of aryl methyl sites for hydroxylation is 1. The van der Waals surface area contributed by atoms with E-state index in [9.17, 15) is 0 Å². The molecule has 0 aliphatic heterocycles. The van der Waals surface area contributed by atoms with Gasteiger partial charge in [-0.2, -0.15) is 0 Å². The fraction of sp³-hybridized carbons (Fsp3) is 0.500. The Morgan fingerprint density at radius 3 is 3.18 bits per heavy atom. The monoisotopic (exact) mass is 265 g/mol. The highest BCUT2D eigenvalue weighted by Crippen LogP contribution is 2.39. The summed E-state index contributed by atoms with van der Waals surface area (Å²) in [6.45, 7) is 2.27. The number of H-pyrrole nitrogens is 1. The maximum absolute atomic E-state index is 6.00. The van der Waals surface area contributed by atoms with Crippen LogP contribution in [0.5, 0.6) is 0 Å². The number of hydrogen-bond acceptors (Lipinski definition) is 4. The maximum atomic E-state index is 6.00. The van der Waals surface area contributed by atoms with E-state index in [1.807, 2.05) is 0 Å². The van der Waals surface area contributed by atoms with E-state index in [1.165, 1.54) is 29.7 Å². The second kappa shape index (κ2) is 4.07. The lowest BCUT2D eigenvalue weighted by atomic mass is 9.86. The third-order valence-electron chi connectivity index (χ3n) is 3.64. The van der Waals surface area contributed by atoms with Crippen molar-refractivity contribution >= 4 is 39.6 Å². The van der Waals surface area contributed by atoms with Crippen LogP contribution in [0.15, 0.2) is 0 Å². The van der Waals surface area contributed by atoms with Gasteiger partial charge < -0.3 is 10.7 Å². The number of anilines is 1. The fourth-order valence-electron chi connectivity index (χ4n) is 2.65. The summed E-state index contributed by atoms with van der Waals surface area (Å²) in [7, 11) is 0. The number of nitrogens with two attached hydrogens (primary N) is 1. The number of nitrogens with one attached hydrogen (secondary N) is 1. The molecule has 3 nitrogen and oxygen atoms in total. The van der Waals surface area contributed by atoms with Gasteiger partial charge in [0.25, 0.3) is 0 Å². The molecule has 1 atom stereocenters. The summed E-state index contributed by atoms with van der Waals surface area (Å²) < 4.78 is 0.487. The molecule has 0 amide bonds. The van der Waals surface area contributed by atoms with E-state index in [0.717, 1.165) is 22.6 Å². The lowest BCUT2D eigenvalue weighted by Crippen LogP contribution is -2.11. The Balaban J connectivity index is 2.22. The van der Waals surface area contributed by atoms with E-state index in [1.54, 1.807) is 11.3 Å². The van der Waals surface area contributed by atoms with Gasteiger partial charge in [-0.25, -0.2) is 4.98 Å². The lowest BCUT2D eigenvalue weighted by molar-refractivity contribution is 0.451. The Hall–Kier alpha value is -0.940. The third-order valence-corrected chi connectivity index (χ3v) is 5.01. The summed E-state index contributed by atoms with van der Waals surface area (Å²) in [4.78, 5) is 9.90. The Morgan fingerprint density at radius 2 is 2.41 bits per heavy atom. The summed E-state index contributed by atoms with van der Waals surface area (Å²) in [6, 6.07) is 0. The van der Waals surface area contributed by atoms with Crippen molar-refractivity contribution in [1.82, 2.24) is 9.97 Å². The minimum absolute atomic E-state index is 0.487. The van der Waals surface area contributed by atoms with E-state index >= 15 is 0 Å². The molecule has 2 aromatic rings. The van der Waals surface area contributed by atoms with Crippen LogP contribution in [0.3, 0.4) is 0 Å². The van der Waals surface area contributed by atoms with Gasteiger partial charge in [0.1, 0.15) is 10.6 Å². The number of aromatic nitrogens is 2. The minimum atomic E-state index is 0.487. The molecule has 0 radical (unpaired) electrons. The molecule has 2 heterocycles. The molecule has 1 aliphatic carbocycles. The molecule has 1 aliphatic rings. The summed E-state index contributed by atoms with van der Waals surface area (Å²) in [5, 5.41) is 1.12. The zero-order chi connectivity index (χ0) is 12.0. The van der Waals surface area contributed by atoms with Crippen molar-refractivity contribution in [2.75, 3.05) is 5.73 Å². The van der Waals surface area contributed by atoms with Gasteiger partial charge in [0.05, 0.1) is 5.39 Å². The van der Waals surface area contributed by atoms with Gasteiger partial charge in [-0.3, -0.25) is 0 Å². The van der Waals surface area contributed by atoms with Gasteiger partial charge in [-0.05, 0) is 43.0 Å². The van der Waals surface area contributed by atoms with Crippen LogP contribution in [0, 0.1) is 10.7 Å². The first kappa shape index (κ1) is 11.2. The Bertz CT molecular complexity index is 626. The quantitative estimate of drug-likeness (QED) is 0.776. The zero-order valence-electron chi connectivity index (χ0n) is 9.75. The van der Waals surface area contributed by atoms with E-state index in [0.29, 0.717) is 10.6 Å². The van der Waals surface area contributed by atoms with Crippen molar-refractivity contribution in [1.29, 1.82) is 0 Å². The van der Waals surface area contributed by atoms with Crippen molar-refractivity contribution < 1.29 is 0 Å². The first-order chi connectivity index (χ1) is 8.19. The summed E-state index contributed by atoms with van der Waals surface area (Å²) in [6.07, 6.45) is 4.84. The van der Waals surface area contributed by atoms with Crippen LogP contribution in [0.1, 0.15) is 30.2 Å². The topological polar surface area (TPSA) is 54.7 Å². The lowest BCUT2D eigenvalue weighted by Gasteiger charge is -2.20. The first-order valence-corrected chi connectivity index (χ1v) is 7.21. The number of nitrogens with zero attached hydrogens (tertiary/aromatic N) is 1. The molecule has 17 heavy (non-hydrogen) atoms. The molecule has 1 unspecified atom stereocenters. The molecular weight excluding hydrogens is 250 g/mol. The van der Waals surface area contributed by atoms with Gasteiger partial charge in [0.2, 0.25) is 0 Å². The molecule has 90 valence electrons. The smallest absolute Gasteiger partial charge is 0.199 e. The first-order valence-electron chi connectivity index (χ1n) is 5.99. The predicted octanol–water partition coefficient (Wildman–Crippen LogP) is 3.45. The molecule has 0 spiro atoms. The fourth-order valence-corrected chi connectivity index (χ4v) is 4.29. The highest BCUT2D eigenvalue weighted by atomic mass is 32.1. The van der Waals surface area contributed by atoms with E-state index in [4.69, 9.17) is 18.0 Å². The van der Waals surface area contributed by atoms with Crippen LogP contribution in [-0.2, 0) is 12.8 Å². The van der Waals surface area contributed by atoms with Gasteiger partial charge in [0, 0.05) is 4.88 Å². The highest BCUT2D eigenvalue weighted by Gasteiger charge is 2.23. The Morgan fingerprint density at radius 1 is 1.59 bits per heavy atom. The van der Waals surface area contributed by atoms with Crippen LogP contribution >= 0.6 is 23.6 Å². The summed E-state index contributed by atoms with van der Waals surface area (Å²) >= 11 is 6.88. The molecule has 0 saturated carbocycles. The van der Waals surface area contributed by atoms with Crippen molar-refractivity contribution in [2.24, 2.45) is 5.92 Å². The van der Waals surface area contributed by atoms with E-state index in [-0.39, 0.29) is 0 Å². The average molecular weight is 265 g/mol. The van der Waals surface area contributed by atoms with Crippen LogP contribution < -0.4 is 5.73 Å². The van der Waals surface area contributed by atoms with Crippen molar-refractivity contribution in [3.8, 4) is 0 Å². The number of aromatic amines is 1. The second-order valence-corrected chi connectivity index (χ2v) is 6.14. The zero-order valence-corrected chi connectivity index (χ0v) is 11.4. The molecule has 0 fully saturated rings. The highest BCUT2D eigenvalue weighted by molar-refractivity contribution is 7.71. The van der Waals surface area contributed by atoms with E-state index < -0.39 is 0 Å². The number of hydrogen-bond donors (Lipinski definition) is 2. The molecule has 0 aromatic carbocycles. The number of nitrogen functional groups attached to an aromatic ring is 1. The Labute approximate surface area is 109 Å². The largest absolute Gasteiger partial charge is 0.383 e. The van der Waals surface area contributed by atoms with Gasteiger partial charge in [-0.15, -0.1) is 11.3 Å². The predicted molar refractivity (Wildman–Crippen MR) is 75.0 cm³/mol. The van der Waals surface area contributed by atoms with Crippen LogP contribution in [0.4, 0.5) is 5.82 Å². The minimum Gasteiger partial charge on any atom is -0.383 e. The molecule has 0 bridgehead atoms. The normalized spacial score (nSPS) is 19.5. The van der Waals surface area contributed by atoms with Gasteiger partial charge in [-0.1, -0.05) is 13.3 Å². The third kappa shape index (κ3) is 1.77. The summed E-state index contributed by atoms with van der Waals surface area (Å²) in [5.74, 6) is 1.42. The SMILES string of the molecule is CCC1CCc2c(sc3[nH]c(=S)nc(N)c23)C1. The molecule has 3 rings (SSSR count). The number of fused-ring (bicyclic) bond motifs is 3. The second-order valence-electron chi connectivity index (χ2n) is 4.65. The summed E-state index contributed by atoms with van der Waals surface area (Å²) in [5.41, 5.74) is 7.41. The maximum Gasteiger partial charge on any atom is 0.199 e. The number of thiophene rings is 1. The van der Waals surface area contributed by atoms with Crippen LogP contribution in [-0.4, -0.2) is 9.97 Å². The van der Waals surface area contributed by atoms with Crippen molar-refractivity contribution in [2.45, 2.75) is 32.6 Å². The molecular formula is C12H15N3S2. The van der Waals surface area contributed by atoms with Gasteiger partial charge in [0.15, 0.2) is 4.77 Å². The molecule has 2 aromatic heterocycles. The van der Waals surface area contributed by atoms with Crippen molar-refractivity contribution in [3.05, 3.63) is 15.2 Å². The number of rotatable bonds is 1. The molecule has 3 N–H and O–H groups in total. The van der Waals surface area contributed by atoms with Crippen molar-refractivity contribution in [3.63, 3.8) is 0 Å².